The Morgan fingerprint density at radius 2 is 2.00 bits per heavy atom. The molecule has 1 aromatic rings. The van der Waals surface area contributed by atoms with Crippen LogP contribution in [0, 0.1) is 10.1 Å². The van der Waals surface area contributed by atoms with Crippen molar-refractivity contribution in [3.05, 3.63) is 39.9 Å². The van der Waals surface area contributed by atoms with E-state index in [1.165, 1.54) is 6.07 Å². The summed E-state index contributed by atoms with van der Waals surface area (Å²) in [5.41, 5.74) is -0.723. The molecule has 0 aliphatic heterocycles. The molecule has 86 valence electrons. The fourth-order valence-electron chi connectivity index (χ4n) is 1.08. The third-order valence-corrected chi connectivity index (χ3v) is 1.74. The maximum absolute atomic E-state index is 11.9. The summed E-state index contributed by atoms with van der Waals surface area (Å²) in [6.45, 7) is 0. The summed E-state index contributed by atoms with van der Waals surface area (Å²) in [6, 6.07) is 4.21. The van der Waals surface area contributed by atoms with E-state index in [1.807, 2.05) is 0 Å². The molecule has 0 amide bonds. The fourth-order valence-corrected chi connectivity index (χ4v) is 1.08. The molecule has 0 atom stereocenters. The predicted molar refractivity (Wildman–Crippen MR) is 48.1 cm³/mol. The molecule has 7 heteroatoms. The maximum Gasteiger partial charge on any atom is 0.396 e. The minimum absolute atomic E-state index is 0.313. The van der Waals surface area contributed by atoms with Gasteiger partial charge in [-0.1, -0.05) is 12.1 Å². The van der Waals surface area contributed by atoms with E-state index in [-0.39, 0.29) is 5.56 Å². The lowest BCUT2D eigenvalue weighted by Crippen LogP contribution is -2.15. The number of nitro benzene ring substituents is 1. The Bertz CT molecular complexity index is 428. The molecule has 0 radical (unpaired) electrons. The number of carbonyl (C=O) groups excluding carboxylic acids is 1. The minimum atomic E-state index is -4.61. The molecule has 0 spiro atoms. The van der Waals surface area contributed by atoms with Crippen molar-refractivity contribution in [3.8, 4) is 0 Å². The zero-order valence-electron chi connectivity index (χ0n) is 7.82. The number of halogens is 3. The van der Waals surface area contributed by atoms with Crippen LogP contribution in [-0.2, 0) is 0 Å². The Labute approximate surface area is 87.8 Å². The number of hydrogen-bond acceptors (Lipinski definition) is 3. The van der Waals surface area contributed by atoms with Crippen LogP contribution in [0.1, 0.15) is 16.8 Å². The van der Waals surface area contributed by atoms with Gasteiger partial charge in [0.05, 0.1) is 4.92 Å². The topological polar surface area (TPSA) is 60.2 Å². The van der Waals surface area contributed by atoms with Crippen molar-refractivity contribution in [2.24, 2.45) is 0 Å². The molecule has 16 heavy (non-hydrogen) atoms. The highest BCUT2D eigenvalue weighted by Crippen LogP contribution is 2.23. The van der Waals surface area contributed by atoms with Gasteiger partial charge < -0.3 is 0 Å². The van der Waals surface area contributed by atoms with E-state index < -0.39 is 29.0 Å². The maximum atomic E-state index is 11.9. The predicted octanol–water partition coefficient (Wildman–Crippen LogP) is 2.73. The van der Waals surface area contributed by atoms with E-state index in [4.69, 9.17) is 0 Å². The van der Waals surface area contributed by atoms with Crippen LogP contribution in [0.25, 0.3) is 0 Å². The summed E-state index contributed by atoms with van der Waals surface area (Å²) in [5, 5.41) is 10.3. The van der Waals surface area contributed by atoms with E-state index in [9.17, 15) is 28.1 Å². The number of non-ortho nitro benzene ring substituents is 1. The smallest absolute Gasteiger partial charge is 0.294 e. The highest BCUT2D eigenvalue weighted by molar-refractivity contribution is 5.97. The van der Waals surface area contributed by atoms with E-state index in [0.717, 1.165) is 18.2 Å². The average molecular weight is 233 g/mol. The molecule has 0 saturated carbocycles. The van der Waals surface area contributed by atoms with Crippen molar-refractivity contribution in [2.75, 3.05) is 0 Å². The van der Waals surface area contributed by atoms with Gasteiger partial charge in [-0.3, -0.25) is 14.9 Å². The number of Topliss-reactive ketones (excluding diaryl/α,β-unsaturated/α-hetero) is 1. The number of rotatable bonds is 3. The Morgan fingerprint density at radius 1 is 1.38 bits per heavy atom. The average Bonchev–Trinajstić information content (AvgIpc) is 2.15. The Morgan fingerprint density at radius 3 is 2.50 bits per heavy atom. The molecule has 0 N–H and O–H groups in total. The third-order valence-electron chi connectivity index (χ3n) is 1.74. The molecule has 0 bridgehead atoms. The molecular formula is C9H6F3NO3. The highest BCUT2D eigenvalue weighted by atomic mass is 19.4. The van der Waals surface area contributed by atoms with Gasteiger partial charge in [-0.15, -0.1) is 0 Å². The zero-order chi connectivity index (χ0) is 12.3. The Balaban J connectivity index is 2.92. The Kier molecular flexibility index (Phi) is 3.26. The van der Waals surface area contributed by atoms with Gasteiger partial charge in [-0.05, 0) is 0 Å². The first-order valence-corrected chi connectivity index (χ1v) is 4.14. The Hall–Kier alpha value is -1.92. The number of ketones is 1. The minimum Gasteiger partial charge on any atom is -0.294 e. The van der Waals surface area contributed by atoms with Gasteiger partial charge in [0.25, 0.3) is 5.69 Å². The molecule has 0 fully saturated rings. The molecule has 0 saturated heterocycles. The molecule has 0 aliphatic carbocycles. The van der Waals surface area contributed by atoms with Crippen LogP contribution in [0.15, 0.2) is 24.3 Å². The fraction of sp³-hybridized carbons (Fsp3) is 0.222. The first-order chi connectivity index (χ1) is 7.29. The van der Waals surface area contributed by atoms with E-state index in [0.29, 0.717) is 0 Å². The van der Waals surface area contributed by atoms with Crippen LogP contribution in [0.2, 0.25) is 0 Å². The number of nitrogens with zero attached hydrogens (tertiary/aromatic N) is 1. The van der Waals surface area contributed by atoms with Gasteiger partial charge in [0.1, 0.15) is 6.42 Å². The molecular weight excluding hydrogens is 227 g/mol. The summed E-state index contributed by atoms with van der Waals surface area (Å²) in [7, 11) is 0. The van der Waals surface area contributed by atoms with Crippen molar-refractivity contribution in [1.82, 2.24) is 0 Å². The summed E-state index contributed by atoms with van der Waals surface area (Å²) < 4.78 is 35.7. The molecule has 4 nitrogen and oxygen atoms in total. The lowest BCUT2D eigenvalue weighted by Gasteiger charge is -2.04. The second kappa shape index (κ2) is 4.30. The van der Waals surface area contributed by atoms with Crippen molar-refractivity contribution in [3.63, 3.8) is 0 Å². The highest BCUT2D eigenvalue weighted by Gasteiger charge is 2.31. The van der Waals surface area contributed by atoms with Gasteiger partial charge in [-0.2, -0.15) is 13.2 Å². The van der Waals surface area contributed by atoms with Crippen LogP contribution >= 0.6 is 0 Å². The zero-order valence-corrected chi connectivity index (χ0v) is 7.82. The largest absolute Gasteiger partial charge is 0.396 e. The van der Waals surface area contributed by atoms with Crippen molar-refractivity contribution in [1.29, 1.82) is 0 Å². The summed E-state index contributed by atoms with van der Waals surface area (Å²) in [6.07, 6.45) is -6.23. The van der Waals surface area contributed by atoms with E-state index in [1.54, 1.807) is 0 Å². The van der Waals surface area contributed by atoms with Gasteiger partial charge in [-0.25, -0.2) is 0 Å². The third kappa shape index (κ3) is 3.34. The second-order valence-electron chi connectivity index (χ2n) is 3.02. The summed E-state index contributed by atoms with van der Waals surface area (Å²) in [5.74, 6) is -1.18. The quantitative estimate of drug-likeness (QED) is 0.458. The molecule has 0 heterocycles. The van der Waals surface area contributed by atoms with Gasteiger partial charge in [0.15, 0.2) is 5.78 Å². The van der Waals surface area contributed by atoms with Crippen LogP contribution in [0.5, 0.6) is 0 Å². The van der Waals surface area contributed by atoms with Crippen molar-refractivity contribution >= 4 is 11.5 Å². The lowest BCUT2D eigenvalue weighted by molar-refractivity contribution is -0.384. The molecule has 1 rings (SSSR count). The number of nitro groups is 1. The normalized spacial score (nSPS) is 11.2. The van der Waals surface area contributed by atoms with Crippen molar-refractivity contribution in [2.45, 2.75) is 12.6 Å². The van der Waals surface area contributed by atoms with Crippen LogP contribution in [0.4, 0.5) is 18.9 Å². The van der Waals surface area contributed by atoms with Gasteiger partial charge >= 0.3 is 6.18 Å². The second-order valence-corrected chi connectivity index (χ2v) is 3.02. The molecule has 0 unspecified atom stereocenters. The molecule has 0 aromatic heterocycles. The number of alkyl halides is 3. The van der Waals surface area contributed by atoms with Gasteiger partial charge in [0.2, 0.25) is 0 Å². The van der Waals surface area contributed by atoms with E-state index in [2.05, 4.69) is 0 Å². The van der Waals surface area contributed by atoms with Crippen LogP contribution in [-0.4, -0.2) is 16.9 Å². The first-order valence-electron chi connectivity index (χ1n) is 4.14. The number of hydrogen-bond donors (Lipinski definition) is 0. The molecule has 0 aliphatic rings. The standard InChI is InChI=1S/C9H6F3NO3/c10-9(11,12)5-8(14)6-2-1-3-7(4-6)13(15)16/h1-4H,5H2. The monoisotopic (exact) mass is 233 g/mol. The van der Waals surface area contributed by atoms with Crippen LogP contribution in [0.3, 0.4) is 0 Å². The number of benzene rings is 1. The van der Waals surface area contributed by atoms with Crippen LogP contribution < -0.4 is 0 Å². The van der Waals surface area contributed by atoms with Gasteiger partial charge in [0, 0.05) is 17.7 Å². The van der Waals surface area contributed by atoms with Crippen molar-refractivity contribution < 1.29 is 22.9 Å². The molecule has 1 aromatic carbocycles. The summed E-state index contributed by atoms with van der Waals surface area (Å²) in [4.78, 5) is 20.7. The first kappa shape index (κ1) is 12.2. The lowest BCUT2D eigenvalue weighted by atomic mass is 10.1. The summed E-state index contributed by atoms with van der Waals surface area (Å²) >= 11 is 0. The number of carbonyl (C=O) groups is 1. The SMILES string of the molecule is O=C(CC(F)(F)F)c1cccc([N+](=O)[O-])c1. The van der Waals surface area contributed by atoms with E-state index >= 15 is 0 Å².